The molecule has 0 saturated heterocycles. The van der Waals surface area contributed by atoms with Gasteiger partial charge in [0.05, 0.1) is 12.2 Å². The molecule has 1 aromatic heterocycles. The van der Waals surface area contributed by atoms with Gasteiger partial charge < -0.3 is 15.2 Å². The summed E-state index contributed by atoms with van der Waals surface area (Å²) in [6.45, 7) is 0.668. The molecule has 1 amide bonds. The summed E-state index contributed by atoms with van der Waals surface area (Å²) in [4.78, 5) is 22.1. The number of hydrogen-bond acceptors (Lipinski definition) is 6. The van der Waals surface area contributed by atoms with Gasteiger partial charge in [-0.1, -0.05) is 0 Å². The van der Waals surface area contributed by atoms with Gasteiger partial charge in [-0.05, 0) is 6.07 Å². The lowest BCUT2D eigenvalue weighted by Gasteiger charge is -2.06. The van der Waals surface area contributed by atoms with Crippen LogP contribution < -0.4 is 10.0 Å². The number of carboxylic acids is 1. The number of amides is 1. The highest BCUT2D eigenvalue weighted by atomic mass is 32.2. The van der Waals surface area contributed by atoms with E-state index in [2.05, 4.69) is 10.0 Å². The number of thiophene rings is 1. The zero-order chi connectivity index (χ0) is 15.9. The first-order valence-corrected chi connectivity index (χ1v) is 8.30. The Balaban J connectivity index is 2.46. The van der Waals surface area contributed by atoms with E-state index in [9.17, 15) is 18.0 Å². The number of carbonyl (C=O) groups excluding carboxylic acids is 1. The highest BCUT2D eigenvalue weighted by Gasteiger charge is 2.18. The minimum Gasteiger partial charge on any atom is -0.478 e. The smallest absolute Gasteiger partial charge is 0.336 e. The van der Waals surface area contributed by atoms with Gasteiger partial charge in [0.2, 0.25) is 15.9 Å². The van der Waals surface area contributed by atoms with Crippen LogP contribution in [0.25, 0.3) is 0 Å². The van der Waals surface area contributed by atoms with Crippen LogP contribution in [0.5, 0.6) is 0 Å². The fraction of sp³-hybridized carbons (Fsp3) is 0.455. The first kappa shape index (κ1) is 17.6. The molecule has 0 fully saturated rings. The molecule has 0 radical (unpaired) electrons. The Morgan fingerprint density at radius 1 is 1.38 bits per heavy atom. The molecule has 0 aromatic carbocycles. The second kappa shape index (κ2) is 8.08. The predicted octanol–water partition coefficient (Wildman–Crippen LogP) is -0.123. The number of carbonyl (C=O) groups is 2. The SMILES string of the molecule is COCCNC(=O)CCNS(=O)(=O)c1cc(C(=O)O)cs1. The molecule has 1 aromatic rings. The van der Waals surface area contributed by atoms with Crippen molar-refractivity contribution in [2.24, 2.45) is 0 Å². The maximum Gasteiger partial charge on any atom is 0.336 e. The quantitative estimate of drug-likeness (QED) is 0.540. The molecule has 0 spiro atoms. The zero-order valence-electron chi connectivity index (χ0n) is 11.3. The van der Waals surface area contributed by atoms with Crippen molar-refractivity contribution >= 4 is 33.2 Å². The van der Waals surface area contributed by atoms with Crippen molar-refractivity contribution in [1.82, 2.24) is 10.0 Å². The highest BCUT2D eigenvalue weighted by Crippen LogP contribution is 2.19. The van der Waals surface area contributed by atoms with Gasteiger partial charge in [-0.25, -0.2) is 17.9 Å². The lowest BCUT2D eigenvalue weighted by atomic mass is 10.4. The summed E-state index contributed by atoms with van der Waals surface area (Å²) in [5, 5.41) is 12.5. The van der Waals surface area contributed by atoms with Crippen LogP contribution >= 0.6 is 11.3 Å². The molecule has 3 N–H and O–H groups in total. The summed E-state index contributed by atoms with van der Waals surface area (Å²) in [5.41, 5.74) is -0.0855. The number of carboxylic acid groups (broad SMARTS) is 1. The van der Waals surface area contributed by atoms with Gasteiger partial charge in [0.15, 0.2) is 0 Å². The number of hydrogen-bond donors (Lipinski definition) is 3. The summed E-state index contributed by atoms with van der Waals surface area (Å²) < 4.78 is 30.6. The molecule has 10 heteroatoms. The van der Waals surface area contributed by atoms with Gasteiger partial charge in [-0.2, -0.15) is 0 Å². The van der Waals surface area contributed by atoms with E-state index >= 15 is 0 Å². The van der Waals surface area contributed by atoms with Crippen molar-refractivity contribution in [1.29, 1.82) is 0 Å². The number of sulfonamides is 1. The minimum atomic E-state index is -3.79. The van der Waals surface area contributed by atoms with E-state index in [1.165, 1.54) is 12.5 Å². The van der Waals surface area contributed by atoms with Gasteiger partial charge in [0.1, 0.15) is 4.21 Å². The molecule has 21 heavy (non-hydrogen) atoms. The van der Waals surface area contributed by atoms with Crippen molar-refractivity contribution in [2.45, 2.75) is 10.6 Å². The Bertz CT molecular complexity index is 596. The second-order valence-corrected chi connectivity index (χ2v) is 6.86. The van der Waals surface area contributed by atoms with E-state index < -0.39 is 16.0 Å². The number of aromatic carboxylic acids is 1. The van der Waals surface area contributed by atoms with Crippen molar-refractivity contribution in [3.05, 3.63) is 17.0 Å². The molecule has 118 valence electrons. The van der Waals surface area contributed by atoms with E-state index in [1.807, 2.05) is 0 Å². The highest BCUT2D eigenvalue weighted by molar-refractivity contribution is 7.91. The summed E-state index contributed by atoms with van der Waals surface area (Å²) >= 11 is 0.812. The Morgan fingerprint density at radius 2 is 2.10 bits per heavy atom. The fourth-order valence-corrected chi connectivity index (χ4v) is 3.55. The molecule has 1 heterocycles. The molecular formula is C11H16N2O6S2. The predicted molar refractivity (Wildman–Crippen MR) is 76.0 cm³/mol. The summed E-state index contributed by atoms with van der Waals surface area (Å²) in [6, 6.07) is 1.08. The molecule has 0 bridgehead atoms. The third-order valence-electron chi connectivity index (χ3n) is 2.36. The molecule has 1 rings (SSSR count). The van der Waals surface area contributed by atoms with Gasteiger partial charge >= 0.3 is 5.97 Å². The first-order valence-electron chi connectivity index (χ1n) is 5.94. The summed E-state index contributed by atoms with van der Waals surface area (Å²) in [5.74, 6) is -1.49. The first-order chi connectivity index (χ1) is 9.86. The van der Waals surface area contributed by atoms with Crippen LogP contribution in [-0.4, -0.2) is 52.2 Å². The van der Waals surface area contributed by atoms with Crippen LogP contribution in [0.4, 0.5) is 0 Å². The number of rotatable bonds is 9. The Morgan fingerprint density at radius 3 is 2.67 bits per heavy atom. The van der Waals surface area contributed by atoms with E-state index in [-0.39, 0.29) is 28.6 Å². The third kappa shape index (κ3) is 5.79. The van der Waals surface area contributed by atoms with Crippen molar-refractivity contribution in [3.8, 4) is 0 Å². The Hall–Kier alpha value is -1.49. The topological polar surface area (TPSA) is 122 Å². The lowest BCUT2D eigenvalue weighted by molar-refractivity contribution is -0.121. The second-order valence-electron chi connectivity index (χ2n) is 3.95. The summed E-state index contributed by atoms with van der Waals surface area (Å²) in [7, 11) is -2.29. The lowest BCUT2D eigenvalue weighted by Crippen LogP contribution is -2.32. The molecule has 0 saturated carbocycles. The average Bonchev–Trinajstić information content (AvgIpc) is 2.89. The van der Waals surface area contributed by atoms with Crippen LogP contribution in [0, 0.1) is 0 Å². The van der Waals surface area contributed by atoms with Gasteiger partial charge in [0, 0.05) is 32.0 Å². The van der Waals surface area contributed by atoms with E-state index in [0.29, 0.717) is 13.2 Å². The molecular weight excluding hydrogens is 320 g/mol. The number of methoxy groups -OCH3 is 1. The number of nitrogens with one attached hydrogen (secondary N) is 2. The van der Waals surface area contributed by atoms with Crippen molar-refractivity contribution < 1.29 is 27.9 Å². The maximum atomic E-state index is 11.9. The molecule has 0 aliphatic heterocycles. The summed E-state index contributed by atoms with van der Waals surface area (Å²) in [6.07, 6.45) is -0.0138. The third-order valence-corrected chi connectivity index (χ3v) is 5.26. The van der Waals surface area contributed by atoms with Crippen LogP contribution in [0.2, 0.25) is 0 Å². The monoisotopic (exact) mass is 336 g/mol. The van der Waals surface area contributed by atoms with Crippen molar-refractivity contribution in [2.75, 3.05) is 26.8 Å². The van der Waals surface area contributed by atoms with Gasteiger partial charge in [0.25, 0.3) is 0 Å². The maximum absolute atomic E-state index is 11.9. The van der Waals surface area contributed by atoms with Crippen molar-refractivity contribution in [3.63, 3.8) is 0 Å². The largest absolute Gasteiger partial charge is 0.478 e. The van der Waals surface area contributed by atoms with Crippen LogP contribution in [0.3, 0.4) is 0 Å². The Kier molecular flexibility index (Phi) is 6.75. The zero-order valence-corrected chi connectivity index (χ0v) is 12.9. The molecule has 0 aliphatic rings. The van der Waals surface area contributed by atoms with E-state index in [1.54, 1.807) is 0 Å². The Labute approximate surface area is 126 Å². The van der Waals surface area contributed by atoms with Crippen LogP contribution in [0.1, 0.15) is 16.8 Å². The molecule has 0 aliphatic carbocycles. The average molecular weight is 336 g/mol. The minimum absolute atomic E-state index is 0.0138. The molecule has 0 unspecified atom stereocenters. The standard InChI is InChI=1S/C11H16N2O6S2/c1-19-5-4-12-9(14)2-3-13-21(17,18)10-6-8(7-20-10)11(15)16/h6-7,13H,2-5H2,1H3,(H,12,14)(H,15,16). The van der Waals surface area contributed by atoms with Gasteiger partial charge in [-0.3, -0.25) is 4.79 Å². The van der Waals surface area contributed by atoms with E-state index in [4.69, 9.17) is 9.84 Å². The van der Waals surface area contributed by atoms with Crippen LogP contribution in [0.15, 0.2) is 15.7 Å². The number of ether oxygens (including phenoxy) is 1. The fourth-order valence-electron chi connectivity index (χ4n) is 1.32. The van der Waals surface area contributed by atoms with Gasteiger partial charge in [-0.15, -0.1) is 11.3 Å². The molecule has 0 atom stereocenters. The normalized spacial score (nSPS) is 11.3. The van der Waals surface area contributed by atoms with E-state index in [0.717, 1.165) is 17.4 Å². The molecule has 8 nitrogen and oxygen atoms in total. The van der Waals surface area contributed by atoms with Crippen LogP contribution in [-0.2, 0) is 19.6 Å².